The molecule has 0 aromatic heterocycles. The number of allylic oxidation sites excluding steroid dienone is 1. The average molecular weight is 262 g/mol. The van der Waals surface area contributed by atoms with Gasteiger partial charge in [-0.25, -0.2) is 0 Å². The van der Waals surface area contributed by atoms with Crippen LogP contribution in [-0.4, -0.2) is 0 Å². The Morgan fingerprint density at radius 1 is 1.36 bits per heavy atom. The van der Waals surface area contributed by atoms with Crippen LogP contribution in [0.5, 0.6) is 0 Å². The Balaban J connectivity index is 2.07. The van der Waals surface area contributed by atoms with E-state index in [1.165, 1.54) is 24.0 Å². The van der Waals surface area contributed by atoms with Crippen LogP contribution in [0.25, 0.3) is 6.08 Å². The van der Waals surface area contributed by atoms with Crippen LogP contribution in [0.4, 0.5) is 0 Å². The van der Waals surface area contributed by atoms with E-state index < -0.39 is 0 Å². The molecule has 0 bridgehead atoms. The molecule has 1 aliphatic carbocycles. The van der Waals surface area contributed by atoms with Crippen LogP contribution in [-0.2, 0) is 24.7 Å². The summed E-state index contributed by atoms with van der Waals surface area (Å²) in [7, 11) is 0. The first kappa shape index (κ1) is 10.4. The Morgan fingerprint density at radius 3 is 2.93 bits per heavy atom. The first-order valence-corrected chi connectivity index (χ1v) is 6.67. The second-order valence-electron chi connectivity index (χ2n) is 4.07. The number of hydrogen-bond donors (Lipinski definition) is 0. The predicted molar refractivity (Wildman–Crippen MR) is 56.9 cm³/mol. The minimum atomic E-state index is 0.689. The van der Waals surface area contributed by atoms with Gasteiger partial charge in [-0.1, -0.05) is 0 Å². The molecule has 1 aromatic carbocycles. The fourth-order valence-corrected chi connectivity index (χ4v) is 2.41. The molecule has 0 radical (unpaired) electrons. The number of fused-ring (bicyclic) bond motifs is 1. The van der Waals surface area contributed by atoms with Gasteiger partial charge in [0.1, 0.15) is 0 Å². The molecule has 71 valence electrons. The number of hydrogen-bond acceptors (Lipinski definition) is 0. The first-order valence-electron chi connectivity index (χ1n) is 5.25. The molecule has 0 nitrogen and oxygen atoms in total. The molecule has 0 aliphatic heterocycles. The van der Waals surface area contributed by atoms with Crippen molar-refractivity contribution < 1.29 is 24.7 Å². The van der Waals surface area contributed by atoms with E-state index in [1.807, 2.05) is 0 Å². The van der Waals surface area contributed by atoms with E-state index in [0.29, 0.717) is 5.92 Å². The molecule has 0 N–H and O–H groups in total. The van der Waals surface area contributed by atoms with Crippen molar-refractivity contribution in [3.8, 4) is 0 Å². The molecule has 2 rings (SSSR count). The Kier molecular flexibility index (Phi) is 3.39. The average Bonchev–Trinajstić information content (AvgIpc) is 2.58. The summed E-state index contributed by atoms with van der Waals surface area (Å²) >= 11 is 1.67. The standard InChI is InChI=1S/C13H15.Zr/c1-2-3-6-11-9-10-12-7-4-5-8-13(11)12;/h2,4-5,7-11H,3,6H2,1H3;. The van der Waals surface area contributed by atoms with Crippen LogP contribution in [0.15, 0.2) is 30.3 Å². The fourth-order valence-electron chi connectivity index (χ4n) is 2.01. The van der Waals surface area contributed by atoms with Crippen LogP contribution < -0.4 is 0 Å². The van der Waals surface area contributed by atoms with Crippen molar-refractivity contribution in [3.05, 3.63) is 41.5 Å². The molecular formula is C13H15Zr. The third-order valence-corrected chi connectivity index (χ3v) is 3.52. The van der Waals surface area contributed by atoms with E-state index in [9.17, 15) is 0 Å². The van der Waals surface area contributed by atoms with Crippen LogP contribution in [0.3, 0.4) is 0 Å². The molecule has 14 heavy (non-hydrogen) atoms. The maximum absolute atomic E-state index is 2.36. The van der Waals surface area contributed by atoms with Crippen LogP contribution in [0.1, 0.15) is 36.8 Å². The molecule has 2 atom stereocenters. The second kappa shape index (κ2) is 4.57. The first-order chi connectivity index (χ1) is 6.77. The van der Waals surface area contributed by atoms with Gasteiger partial charge >= 0.3 is 102 Å². The molecule has 1 aliphatic rings. The Hall–Kier alpha value is -0.157. The van der Waals surface area contributed by atoms with Gasteiger partial charge in [-0.05, 0) is 0 Å². The molecule has 1 aromatic rings. The predicted octanol–water partition coefficient (Wildman–Crippen LogP) is 3.93. The summed E-state index contributed by atoms with van der Waals surface area (Å²) in [6.07, 6.45) is 7.32. The molecule has 0 amide bonds. The van der Waals surface area contributed by atoms with Crippen molar-refractivity contribution in [2.24, 2.45) is 0 Å². The summed E-state index contributed by atoms with van der Waals surface area (Å²) < 4.78 is 0.906. The third kappa shape index (κ3) is 2.26. The van der Waals surface area contributed by atoms with E-state index in [0.717, 1.165) is 3.63 Å². The van der Waals surface area contributed by atoms with Gasteiger partial charge in [-0.3, -0.25) is 0 Å². The van der Waals surface area contributed by atoms with Gasteiger partial charge < -0.3 is 0 Å². The zero-order chi connectivity index (χ0) is 9.97. The summed E-state index contributed by atoms with van der Waals surface area (Å²) in [6.45, 7) is 2.34. The fraction of sp³-hybridized carbons (Fsp3) is 0.385. The van der Waals surface area contributed by atoms with Crippen LogP contribution in [0.2, 0.25) is 3.63 Å². The van der Waals surface area contributed by atoms with Crippen molar-refractivity contribution in [3.63, 3.8) is 0 Å². The quantitative estimate of drug-likeness (QED) is 0.774. The van der Waals surface area contributed by atoms with E-state index in [4.69, 9.17) is 0 Å². The molecule has 0 saturated carbocycles. The Morgan fingerprint density at radius 2 is 2.14 bits per heavy atom. The van der Waals surface area contributed by atoms with Crippen LogP contribution >= 0.6 is 0 Å². The van der Waals surface area contributed by atoms with Crippen molar-refractivity contribution in [2.45, 2.75) is 29.3 Å². The van der Waals surface area contributed by atoms with E-state index in [-0.39, 0.29) is 0 Å². The molecule has 1 heteroatoms. The molecule has 2 unspecified atom stereocenters. The van der Waals surface area contributed by atoms with Crippen LogP contribution in [0, 0.1) is 0 Å². The topological polar surface area (TPSA) is 0 Å². The van der Waals surface area contributed by atoms with Gasteiger partial charge in [0.2, 0.25) is 0 Å². The molecule has 0 saturated heterocycles. The summed E-state index contributed by atoms with van der Waals surface area (Å²) in [5.41, 5.74) is 2.96. The monoisotopic (exact) mass is 261 g/mol. The van der Waals surface area contributed by atoms with Crippen molar-refractivity contribution in [1.82, 2.24) is 0 Å². The third-order valence-electron chi connectivity index (χ3n) is 2.81. The van der Waals surface area contributed by atoms with Gasteiger partial charge in [0.25, 0.3) is 0 Å². The van der Waals surface area contributed by atoms with Gasteiger partial charge in [-0.15, -0.1) is 0 Å². The zero-order valence-corrected chi connectivity index (χ0v) is 11.0. The van der Waals surface area contributed by atoms with E-state index in [2.05, 4.69) is 43.3 Å². The van der Waals surface area contributed by atoms with Gasteiger partial charge in [-0.2, -0.15) is 0 Å². The molecule has 0 spiro atoms. The van der Waals surface area contributed by atoms with Gasteiger partial charge in [0.15, 0.2) is 0 Å². The minimum absolute atomic E-state index is 0.689. The number of rotatable bonds is 3. The Labute approximate surface area is 101 Å². The summed E-state index contributed by atoms with van der Waals surface area (Å²) in [5.74, 6) is 0.689. The molecular weight excluding hydrogens is 247 g/mol. The molecule has 0 heterocycles. The summed E-state index contributed by atoms with van der Waals surface area (Å²) in [4.78, 5) is 0. The van der Waals surface area contributed by atoms with Crippen molar-refractivity contribution >= 4 is 6.08 Å². The summed E-state index contributed by atoms with van der Waals surface area (Å²) in [6, 6.07) is 8.76. The molecule has 0 fully saturated rings. The normalized spacial score (nSPS) is 20.7. The van der Waals surface area contributed by atoms with E-state index >= 15 is 0 Å². The maximum atomic E-state index is 2.36. The number of benzene rings is 1. The second-order valence-corrected chi connectivity index (χ2v) is 6.50. The van der Waals surface area contributed by atoms with Crippen molar-refractivity contribution in [2.75, 3.05) is 0 Å². The van der Waals surface area contributed by atoms with Gasteiger partial charge in [0, 0.05) is 0 Å². The summed E-state index contributed by atoms with van der Waals surface area (Å²) in [5, 5.41) is 0. The van der Waals surface area contributed by atoms with Crippen molar-refractivity contribution in [1.29, 1.82) is 0 Å². The van der Waals surface area contributed by atoms with E-state index in [1.54, 1.807) is 24.7 Å². The SMILES string of the molecule is C[CH]([Zr])CCC1C=Cc2ccccc21. The Bertz CT molecular complexity index is 339. The van der Waals surface area contributed by atoms with Gasteiger partial charge in [0.05, 0.1) is 0 Å². The zero-order valence-electron chi connectivity index (χ0n) is 8.53.